The molecule has 1 unspecified atom stereocenters. The lowest BCUT2D eigenvalue weighted by atomic mass is 9.70. The van der Waals surface area contributed by atoms with Gasteiger partial charge in [-0.05, 0) is 79.0 Å². The topological polar surface area (TPSA) is 34.1 Å². The second-order valence-electron chi connectivity index (χ2n) is 8.38. The van der Waals surface area contributed by atoms with Crippen molar-refractivity contribution in [3.8, 4) is 0 Å². The Morgan fingerprint density at radius 3 is 2.23 bits per heavy atom. The van der Waals surface area contributed by atoms with Crippen molar-refractivity contribution in [3.05, 3.63) is 36.4 Å². The van der Waals surface area contributed by atoms with E-state index in [2.05, 4.69) is 18.2 Å². The van der Waals surface area contributed by atoms with Gasteiger partial charge < -0.3 is 0 Å². The first kappa shape index (κ1) is 17.1. The van der Waals surface area contributed by atoms with Crippen LogP contribution in [0.15, 0.2) is 46.2 Å². The number of rotatable bonds is 3. The van der Waals surface area contributed by atoms with Crippen LogP contribution in [0.5, 0.6) is 0 Å². The quantitative estimate of drug-likeness (QED) is 0.697. The maximum atomic E-state index is 13.3. The number of hydrogen-bond donors (Lipinski definition) is 0. The molecule has 1 saturated heterocycles. The second-order valence-corrected chi connectivity index (χ2v) is 12.8. The Kier molecular flexibility index (Phi) is 4.32. The van der Waals surface area contributed by atoms with E-state index in [-0.39, 0.29) is 5.25 Å². The zero-order valence-electron chi connectivity index (χ0n) is 15.2. The molecule has 0 amide bonds. The van der Waals surface area contributed by atoms with E-state index in [0.717, 1.165) is 24.6 Å². The third kappa shape index (κ3) is 2.90. The summed E-state index contributed by atoms with van der Waals surface area (Å²) in [5, 5.41) is 2.11. The van der Waals surface area contributed by atoms with Gasteiger partial charge in [-0.3, -0.25) is 0 Å². The number of fused-ring (bicyclic) bond motifs is 4. The third-order valence-corrected chi connectivity index (χ3v) is 11.6. The summed E-state index contributed by atoms with van der Waals surface area (Å²) in [6.45, 7) is 0. The molecule has 3 saturated carbocycles. The van der Waals surface area contributed by atoms with Gasteiger partial charge >= 0.3 is 0 Å². The summed E-state index contributed by atoms with van der Waals surface area (Å²) in [5.74, 6) is 3.66. The maximum Gasteiger partial charge on any atom is 0.181 e. The van der Waals surface area contributed by atoms with Crippen molar-refractivity contribution in [3.63, 3.8) is 0 Å². The summed E-state index contributed by atoms with van der Waals surface area (Å²) in [7, 11) is -2.80. The molecule has 2 aromatic carbocycles. The van der Waals surface area contributed by atoms with Gasteiger partial charge in [0, 0.05) is 17.0 Å². The fourth-order valence-electron chi connectivity index (χ4n) is 5.32. The number of hydrogen-bond acceptors (Lipinski definition) is 2. The van der Waals surface area contributed by atoms with E-state index in [0.29, 0.717) is 27.6 Å². The molecule has 26 heavy (non-hydrogen) atoms. The van der Waals surface area contributed by atoms with E-state index in [1.165, 1.54) is 47.5 Å². The van der Waals surface area contributed by atoms with Crippen LogP contribution in [0.1, 0.15) is 44.9 Å². The van der Waals surface area contributed by atoms with Gasteiger partial charge in [-0.1, -0.05) is 18.9 Å². The molecule has 4 aliphatic rings. The molecule has 3 aliphatic carbocycles. The average Bonchev–Trinajstić information content (AvgIpc) is 3.23. The lowest BCUT2D eigenvalue weighted by Gasteiger charge is -2.41. The van der Waals surface area contributed by atoms with Gasteiger partial charge in [-0.15, -0.1) is 0 Å². The first-order valence-electron chi connectivity index (χ1n) is 10.1. The van der Waals surface area contributed by atoms with Crippen molar-refractivity contribution >= 4 is 31.5 Å². The molecule has 4 fully saturated rings. The van der Waals surface area contributed by atoms with Crippen LogP contribution >= 0.6 is 0 Å². The predicted molar refractivity (Wildman–Crippen MR) is 110 cm³/mol. The van der Waals surface area contributed by atoms with Crippen LogP contribution in [0.25, 0.3) is 10.8 Å². The van der Waals surface area contributed by atoms with Crippen LogP contribution in [-0.4, -0.2) is 25.2 Å². The molecule has 2 bridgehead atoms. The Labute approximate surface area is 159 Å². The predicted octanol–water partition coefficient (Wildman–Crippen LogP) is 4.96. The zero-order valence-corrected chi connectivity index (χ0v) is 16.8. The smallest absolute Gasteiger partial charge is 0.181 e. The minimum absolute atomic E-state index is 0.147. The summed E-state index contributed by atoms with van der Waals surface area (Å²) >= 11 is 0. The summed E-state index contributed by atoms with van der Waals surface area (Å²) < 4.78 is 26.6. The minimum Gasteiger partial charge on any atom is -0.223 e. The van der Waals surface area contributed by atoms with Gasteiger partial charge in [0.1, 0.15) is 11.5 Å². The van der Waals surface area contributed by atoms with Crippen molar-refractivity contribution < 1.29 is 8.42 Å². The van der Waals surface area contributed by atoms with Gasteiger partial charge in [-0.25, -0.2) is 8.42 Å². The van der Waals surface area contributed by atoms with Crippen LogP contribution in [0.4, 0.5) is 0 Å². The molecule has 2 nitrogen and oxygen atoms in total. The molecule has 4 heteroatoms. The third-order valence-electron chi connectivity index (χ3n) is 6.86. The molecule has 0 spiro atoms. The van der Waals surface area contributed by atoms with Crippen molar-refractivity contribution in [1.82, 2.24) is 0 Å². The highest BCUT2D eigenvalue weighted by Crippen LogP contribution is 2.45. The van der Waals surface area contributed by atoms with E-state index < -0.39 is 9.84 Å². The molecular weight excluding hydrogens is 360 g/mol. The second kappa shape index (κ2) is 6.56. The van der Waals surface area contributed by atoms with Crippen molar-refractivity contribution in [1.29, 1.82) is 0 Å². The van der Waals surface area contributed by atoms with Crippen LogP contribution in [0, 0.1) is 11.8 Å². The molecule has 1 aliphatic heterocycles. The van der Waals surface area contributed by atoms with Crippen LogP contribution < -0.4 is 0 Å². The fraction of sp³-hybridized carbons (Fsp3) is 0.545. The Morgan fingerprint density at radius 1 is 0.846 bits per heavy atom. The molecule has 138 valence electrons. The highest BCUT2D eigenvalue weighted by Gasteiger charge is 2.43. The first-order chi connectivity index (χ1) is 12.6. The summed E-state index contributed by atoms with van der Waals surface area (Å²) in [6, 6.07) is 12.5. The zero-order chi connectivity index (χ0) is 17.7. The monoisotopic (exact) mass is 387 g/mol. The van der Waals surface area contributed by atoms with E-state index >= 15 is 0 Å². The van der Waals surface area contributed by atoms with E-state index in [1.807, 2.05) is 18.2 Å². The first-order valence-corrected chi connectivity index (χ1v) is 13.2. The minimum atomic E-state index is -3.21. The standard InChI is InChI=1S/C22H27O2S2/c23-26(24,22-13-16-3-5-17(22)6-4-16)21-10-8-18-14-20(9-7-19(18)15-21)25-11-1-2-12-25/h7-10,14-17,22H,1-6,11-13H2/q+1. The maximum absolute atomic E-state index is 13.3. The highest BCUT2D eigenvalue weighted by molar-refractivity contribution is 7.97. The van der Waals surface area contributed by atoms with E-state index in [9.17, 15) is 8.42 Å². The SMILES string of the molecule is O=S(=O)(c1ccc2cc([S+]3CCCC3)ccc2c1)C1CC2CCC1CC2. The number of benzene rings is 2. The van der Waals surface area contributed by atoms with Crippen LogP contribution in [0.3, 0.4) is 0 Å². The molecule has 1 atom stereocenters. The molecule has 0 aromatic heterocycles. The molecule has 2 aromatic rings. The summed E-state index contributed by atoms with van der Waals surface area (Å²) in [6.07, 6.45) is 8.26. The normalized spacial score (nSPS) is 29.5. The molecule has 6 rings (SSSR count). The van der Waals surface area contributed by atoms with Gasteiger partial charge in [0.25, 0.3) is 0 Å². The molecule has 0 radical (unpaired) electrons. The van der Waals surface area contributed by atoms with Gasteiger partial charge in [-0.2, -0.15) is 0 Å². The lowest BCUT2D eigenvalue weighted by molar-refractivity contribution is 0.179. The molecule has 0 N–H and O–H groups in total. The highest BCUT2D eigenvalue weighted by atomic mass is 32.2. The average molecular weight is 388 g/mol. The van der Waals surface area contributed by atoms with Crippen molar-refractivity contribution in [2.24, 2.45) is 11.8 Å². The van der Waals surface area contributed by atoms with Gasteiger partial charge in [0.15, 0.2) is 14.7 Å². The van der Waals surface area contributed by atoms with E-state index in [4.69, 9.17) is 0 Å². The molecular formula is C22H27O2S2+. The van der Waals surface area contributed by atoms with Crippen LogP contribution in [0.2, 0.25) is 0 Å². The Balaban J connectivity index is 1.48. The van der Waals surface area contributed by atoms with Crippen molar-refractivity contribution in [2.75, 3.05) is 11.5 Å². The van der Waals surface area contributed by atoms with E-state index in [1.54, 1.807) is 0 Å². The van der Waals surface area contributed by atoms with Crippen LogP contribution in [-0.2, 0) is 20.7 Å². The largest absolute Gasteiger partial charge is 0.223 e. The van der Waals surface area contributed by atoms with Gasteiger partial charge in [0.05, 0.1) is 10.1 Å². The number of sulfone groups is 1. The Hall–Kier alpha value is -1.00. The molecule has 1 heterocycles. The summed E-state index contributed by atoms with van der Waals surface area (Å²) in [5.41, 5.74) is 0. The van der Waals surface area contributed by atoms with Crippen molar-refractivity contribution in [2.45, 2.75) is 60.0 Å². The Bertz CT molecular complexity index is 920. The Morgan fingerprint density at radius 2 is 1.54 bits per heavy atom. The fourth-order valence-corrected chi connectivity index (χ4v) is 9.86. The van der Waals surface area contributed by atoms with Gasteiger partial charge in [0.2, 0.25) is 0 Å². The lowest BCUT2D eigenvalue weighted by Crippen LogP contribution is -2.40. The summed E-state index contributed by atoms with van der Waals surface area (Å²) in [4.78, 5) is 1.99.